The van der Waals surface area contributed by atoms with Crippen molar-refractivity contribution in [3.8, 4) is 0 Å². The van der Waals surface area contributed by atoms with Gasteiger partial charge in [0.05, 0.1) is 0 Å². The predicted octanol–water partition coefficient (Wildman–Crippen LogP) is 1.60. The molecule has 0 rings (SSSR count). The Bertz CT molecular complexity index is 112. The molecule has 0 aromatic rings. The van der Waals surface area contributed by atoms with E-state index in [0.717, 1.165) is 19.4 Å². The van der Waals surface area contributed by atoms with Crippen molar-refractivity contribution in [2.45, 2.75) is 33.1 Å². The average Bonchev–Trinajstić information content (AvgIpc) is 2.00. The van der Waals surface area contributed by atoms with E-state index < -0.39 is 0 Å². The number of ketones is 1. The molecule has 0 aliphatic heterocycles. The van der Waals surface area contributed by atoms with Crippen LogP contribution in [0.25, 0.3) is 0 Å². The lowest BCUT2D eigenvalue weighted by Gasteiger charge is -2.07. The summed E-state index contributed by atoms with van der Waals surface area (Å²) in [5.41, 5.74) is 0. The van der Waals surface area contributed by atoms with E-state index in [2.05, 4.69) is 12.2 Å². The summed E-state index contributed by atoms with van der Waals surface area (Å²) in [6.07, 6.45) is 2.81. The molecule has 1 unspecified atom stereocenters. The average molecular weight is 157 g/mol. The first-order chi connectivity index (χ1) is 5.22. The third kappa shape index (κ3) is 4.96. The molecule has 2 heteroatoms. The molecule has 0 saturated carbocycles. The molecule has 0 aliphatic rings. The molecule has 0 heterocycles. The van der Waals surface area contributed by atoms with Crippen LogP contribution in [0.2, 0.25) is 0 Å². The maximum atomic E-state index is 11.3. The fraction of sp³-hybridized carbons (Fsp3) is 0.889. The standard InChI is InChI=1S/C9H19NO/c1-4-5-8(2)9(11)6-7-10-3/h8,10H,4-7H2,1-3H3. The van der Waals surface area contributed by atoms with Crippen molar-refractivity contribution in [2.24, 2.45) is 5.92 Å². The maximum absolute atomic E-state index is 11.3. The SMILES string of the molecule is CCCC(C)C(=O)CCNC. The Morgan fingerprint density at radius 2 is 2.18 bits per heavy atom. The normalized spacial score (nSPS) is 13.0. The van der Waals surface area contributed by atoms with Gasteiger partial charge in [0.15, 0.2) is 0 Å². The molecule has 0 saturated heterocycles. The lowest BCUT2D eigenvalue weighted by molar-refractivity contribution is -0.122. The summed E-state index contributed by atoms with van der Waals surface area (Å²) in [7, 11) is 1.87. The Kier molecular flexibility index (Phi) is 6.13. The molecule has 2 nitrogen and oxygen atoms in total. The second-order valence-electron chi connectivity index (χ2n) is 3.01. The Labute approximate surface area is 69.4 Å². The summed E-state index contributed by atoms with van der Waals surface area (Å²) >= 11 is 0. The van der Waals surface area contributed by atoms with Gasteiger partial charge in [0.25, 0.3) is 0 Å². The van der Waals surface area contributed by atoms with E-state index >= 15 is 0 Å². The minimum atomic E-state index is 0.258. The summed E-state index contributed by atoms with van der Waals surface area (Å²) in [5, 5.41) is 2.97. The zero-order chi connectivity index (χ0) is 8.69. The molecule has 1 atom stereocenters. The van der Waals surface area contributed by atoms with Crippen LogP contribution in [0.4, 0.5) is 0 Å². The van der Waals surface area contributed by atoms with Crippen molar-refractivity contribution in [3.63, 3.8) is 0 Å². The number of carbonyl (C=O) groups excluding carboxylic acids is 1. The highest BCUT2D eigenvalue weighted by molar-refractivity contribution is 5.80. The van der Waals surface area contributed by atoms with Crippen molar-refractivity contribution < 1.29 is 4.79 Å². The molecule has 0 fully saturated rings. The summed E-state index contributed by atoms with van der Waals surface area (Å²) in [6, 6.07) is 0. The van der Waals surface area contributed by atoms with Crippen LogP contribution in [0.15, 0.2) is 0 Å². The van der Waals surface area contributed by atoms with E-state index in [4.69, 9.17) is 0 Å². The smallest absolute Gasteiger partial charge is 0.136 e. The van der Waals surface area contributed by atoms with Crippen molar-refractivity contribution in [1.82, 2.24) is 5.32 Å². The fourth-order valence-electron chi connectivity index (χ4n) is 1.09. The van der Waals surface area contributed by atoms with Crippen LogP contribution in [0, 0.1) is 5.92 Å². The van der Waals surface area contributed by atoms with Gasteiger partial charge in [-0.15, -0.1) is 0 Å². The quantitative estimate of drug-likeness (QED) is 0.634. The molecule has 0 amide bonds. The number of rotatable bonds is 6. The van der Waals surface area contributed by atoms with Gasteiger partial charge in [-0.1, -0.05) is 20.3 Å². The van der Waals surface area contributed by atoms with Gasteiger partial charge < -0.3 is 5.32 Å². The monoisotopic (exact) mass is 157 g/mol. The number of hydrogen-bond donors (Lipinski definition) is 1. The largest absolute Gasteiger partial charge is 0.319 e. The Morgan fingerprint density at radius 1 is 1.55 bits per heavy atom. The molecule has 11 heavy (non-hydrogen) atoms. The minimum Gasteiger partial charge on any atom is -0.319 e. The van der Waals surface area contributed by atoms with Gasteiger partial charge in [-0.05, 0) is 13.5 Å². The van der Waals surface area contributed by atoms with Gasteiger partial charge in [-0.3, -0.25) is 4.79 Å². The highest BCUT2D eigenvalue weighted by Gasteiger charge is 2.09. The highest BCUT2D eigenvalue weighted by Crippen LogP contribution is 2.07. The Morgan fingerprint density at radius 3 is 2.64 bits per heavy atom. The number of hydrogen-bond acceptors (Lipinski definition) is 2. The number of carbonyl (C=O) groups is 1. The molecule has 0 aromatic heterocycles. The fourth-order valence-corrected chi connectivity index (χ4v) is 1.09. The van der Waals surface area contributed by atoms with Gasteiger partial charge in [0.1, 0.15) is 5.78 Å². The molecule has 0 aliphatic carbocycles. The Balaban J connectivity index is 3.47. The lowest BCUT2D eigenvalue weighted by atomic mass is 9.99. The van der Waals surface area contributed by atoms with E-state index in [-0.39, 0.29) is 5.92 Å². The highest BCUT2D eigenvalue weighted by atomic mass is 16.1. The summed E-state index contributed by atoms with van der Waals surface area (Å²) < 4.78 is 0. The maximum Gasteiger partial charge on any atom is 0.136 e. The molecule has 0 spiro atoms. The van der Waals surface area contributed by atoms with Crippen LogP contribution in [0.5, 0.6) is 0 Å². The van der Waals surface area contributed by atoms with Gasteiger partial charge in [-0.2, -0.15) is 0 Å². The predicted molar refractivity (Wildman–Crippen MR) is 47.6 cm³/mol. The second kappa shape index (κ2) is 6.35. The van der Waals surface area contributed by atoms with Gasteiger partial charge in [0.2, 0.25) is 0 Å². The van der Waals surface area contributed by atoms with Crippen LogP contribution < -0.4 is 5.32 Å². The van der Waals surface area contributed by atoms with Crippen LogP contribution in [0.1, 0.15) is 33.1 Å². The Hall–Kier alpha value is -0.370. The van der Waals surface area contributed by atoms with E-state index in [1.807, 2.05) is 14.0 Å². The first-order valence-electron chi connectivity index (χ1n) is 4.39. The van der Waals surface area contributed by atoms with Crippen LogP contribution >= 0.6 is 0 Å². The van der Waals surface area contributed by atoms with Gasteiger partial charge in [-0.25, -0.2) is 0 Å². The zero-order valence-corrected chi connectivity index (χ0v) is 7.81. The summed E-state index contributed by atoms with van der Waals surface area (Å²) in [5.74, 6) is 0.648. The van der Waals surface area contributed by atoms with Crippen LogP contribution in [0.3, 0.4) is 0 Å². The summed E-state index contributed by atoms with van der Waals surface area (Å²) in [6.45, 7) is 4.94. The summed E-state index contributed by atoms with van der Waals surface area (Å²) in [4.78, 5) is 11.3. The van der Waals surface area contributed by atoms with Crippen LogP contribution in [-0.2, 0) is 4.79 Å². The van der Waals surface area contributed by atoms with E-state index in [9.17, 15) is 4.79 Å². The van der Waals surface area contributed by atoms with E-state index in [1.165, 1.54) is 0 Å². The van der Waals surface area contributed by atoms with E-state index in [0.29, 0.717) is 12.2 Å². The molecular formula is C9H19NO. The van der Waals surface area contributed by atoms with Crippen molar-refractivity contribution in [1.29, 1.82) is 0 Å². The van der Waals surface area contributed by atoms with Crippen molar-refractivity contribution >= 4 is 5.78 Å². The lowest BCUT2D eigenvalue weighted by Crippen LogP contribution is -2.17. The third-order valence-corrected chi connectivity index (χ3v) is 1.89. The topological polar surface area (TPSA) is 29.1 Å². The molecule has 0 bridgehead atoms. The molecule has 0 radical (unpaired) electrons. The molecule has 1 N–H and O–H groups in total. The van der Waals surface area contributed by atoms with Crippen LogP contribution in [-0.4, -0.2) is 19.4 Å². The van der Waals surface area contributed by atoms with Gasteiger partial charge in [0, 0.05) is 18.9 Å². The van der Waals surface area contributed by atoms with Gasteiger partial charge >= 0.3 is 0 Å². The molecule has 66 valence electrons. The number of Topliss-reactive ketones (excluding diaryl/α,β-unsaturated/α-hetero) is 1. The van der Waals surface area contributed by atoms with E-state index in [1.54, 1.807) is 0 Å². The minimum absolute atomic E-state index is 0.258. The first kappa shape index (κ1) is 10.6. The molecule has 0 aromatic carbocycles. The zero-order valence-electron chi connectivity index (χ0n) is 7.81. The third-order valence-electron chi connectivity index (χ3n) is 1.89. The number of nitrogens with one attached hydrogen (secondary N) is 1. The van der Waals surface area contributed by atoms with Crippen molar-refractivity contribution in [2.75, 3.05) is 13.6 Å². The van der Waals surface area contributed by atoms with Crippen molar-refractivity contribution in [3.05, 3.63) is 0 Å². The first-order valence-corrected chi connectivity index (χ1v) is 4.39. The second-order valence-corrected chi connectivity index (χ2v) is 3.01. The molecular weight excluding hydrogens is 138 g/mol.